The Morgan fingerprint density at radius 3 is 2.82 bits per heavy atom. The smallest absolute Gasteiger partial charge is 0.234 e. The summed E-state index contributed by atoms with van der Waals surface area (Å²) in [4.78, 5) is 0.876. The van der Waals surface area contributed by atoms with Crippen molar-refractivity contribution >= 4 is 16.3 Å². The summed E-state index contributed by atoms with van der Waals surface area (Å²) in [6.07, 6.45) is 3.39. The van der Waals surface area contributed by atoms with Gasteiger partial charge in [0, 0.05) is 5.92 Å². The number of nitrogens with two attached hydrogens (primary N) is 1. The van der Waals surface area contributed by atoms with Crippen LogP contribution < -0.4 is 5.73 Å². The molecule has 1 fully saturated rings. The van der Waals surface area contributed by atoms with Crippen molar-refractivity contribution in [2.45, 2.75) is 45.1 Å². The van der Waals surface area contributed by atoms with E-state index >= 15 is 0 Å². The zero-order valence-corrected chi connectivity index (χ0v) is 10.9. The maximum atomic E-state index is 6.15. The zero-order chi connectivity index (χ0) is 12.0. The Labute approximate surface area is 104 Å². The molecule has 1 aliphatic carbocycles. The summed E-state index contributed by atoms with van der Waals surface area (Å²) in [6.45, 7) is 4.35. The predicted molar refractivity (Wildman–Crippen MR) is 67.0 cm³/mol. The standard InChI is InChI=1S/C11H17N5S/c1-6(2)5-8(12)10-15-16-9(7-3-4-7)13-14-11(16)17-10/h6-8H,3-5,12H2,1-2H3. The molecule has 2 aromatic heterocycles. The van der Waals surface area contributed by atoms with E-state index in [0.717, 1.165) is 22.2 Å². The van der Waals surface area contributed by atoms with E-state index in [4.69, 9.17) is 5.73 Å². The molecule has 0 spiro atoms. The van der Waals surface area contributed by atoms with Crippen molar-refractivity contribution in [3.05, 3.63) is 10.8 Å². The van der Waals surface area contributed by atoms with Gasteiger partial charge >= 0.3 is 0 Å². The first-order valence-corrected chi connectivity index (χ1v) is 6.94. The first-order valence-electron chi connectivity index (χ1n) is 6.12. The van der Waals surface area contributed by atoms with E-state index in [1.54, 1.807) is 11.3 Å². The third-order valence-corrected chi connectivity index (χ3v) is 4.05. The Balaban J connectivity index is 1.90. The monoisotopic (exact) mass is 251 g/mol. The average Bonchev–Trinajstić information content (AvgIpc) is 2.88. The highest BCUT2D eigenvalue weighted by Crippen LogP contribution is 2.39. The van der Waals surface area contributed by atoms with Crippen LogP contribution in [0, 0.1) is 5.92 Å². The Bertz CT molecular complexity index is 525. The first kappa shape index (κ1) is 11.1. The molecule has 2 heterocycles. The molecule has 1 atom stereocenters. The molecule has 5 nitrogen and oxygen atoms in total. The Hall–Kier alpha value is -1.01. The summed E-state index contributed by atoms with van der Waals surface area (Å²) < 4.78 is 1.89. The van der Waals surface area contributed by atoms with E-state index in [9.17, 15) is 0 Å². The van der Waals surface area contributed by atoms with E-state index in [-0.39, 0.29) is 6.04 Å². The molecule has 0 aliphatic heterocycles. The van der Waals surface area contributed by atoms with E-state index in [1.807, 2.05) is 4.52 Å². The largest absolute Gasteiger partial charge is 0.322 e. The van der Waals surface area contributed by atoms with Crippen LogP contribution in [0.4, 0.5) is 0 Å². The topological polar surface area (TPSA) is 69.1 Å². The summed E-state index contributed by atoms with van der Waals surface area (Å²) in [7, 11) is 0. The second-order valence-electron chi connectivity index (χ2n) is 5.20. The lowest BCUT2D eigenvalue weighted by Gasteiger charge is -2.09. The van der Waals surface area contributed by atoms with Gasteiger partial charge in [-0.2, -0.15) is 9.61 Å². The summed E-state index contributed by atoms with van der Waals surface area (Å²) >= 11 is 1.57. The molecular weight excluding hydrogens is 234 g/mol. The molecule has 2 aromatic rings. The number of rotatable bonds is 4. The van der Waals surface area contributed by atoms with Crippen molar-refractivity contribution in [1.29, 1.82) is 0 Å². The molecule has 2 N–H and O–H groups in total. The molecule has 17 heavy (non-hydrogen) atoms. The van der Waals surface area contributed by atoms with Crippen molar-refractivity contribution in [1.82, 2.24) is 19.8 Å². The van der Waals surface area contributed by atoms with E-state index < -0.39 is 0 Å². The normalized spacial score (nSPS) is 18.1. The average molecular weight is 251 g/mol. The Morgan fingerprint density at radius 2 is 2.18 bits per heavy atom. The minimum atomic E-state index is 0.0220. The summed E-state index contributed by atoms with van der Waals surface area (Å²) in [5.41, 5.74) is 6.15. The fraction of sp³-hybridized carbons (Fsp3) is 0.727. The Kier molecular flexibility index (Phi) is 2.63. The van der Waals surface area contributed by atoms with Gasteiger partial charge in [-0.05, 0) is 25.2 Å². The van der Waals surface area contributed by atoms with Gasteiger partial charge in [0.1, 0.15) is 5.01 Å². The zero-order valence-electron chi connectivity index (χ0n) is 10.1. The van der Waals surface area contributed by atoms with Crippen LogP contribution in [0.2, 0.25) is 0 Å². The van der Waals surface area contributed by atoms with Gasteiger partial charge < -0.3 is 5.73 Å². The fourth-order valence-electron chi connectivity index (χ4n) is 2.00. The number of fused-ring (bicyclic) bond motifs is 1. The lowest BCUT2D eigenvalue weighted by atomic mass is 10.1. The highest BCUT2D eigenvalue weighted by molar-refractivity contribution is 7.16. The quantitative estimate of drug-likeness (QED) is 0.903. The van der Waals surface area contributed by atoms with Crippen molar-refractivity contribution < 1.29 is 0 Å². The van der Waals surface area contributed by atoms with Crippen LogP contribution in [0.1, 0.15) is 55.9 Å². The number of aromatic nitrogens is 4. The molecular formula is C11H17N5S. The molecule has 0 aromatic carbocycles. The van der Waals surface area contributed by atoms with Gasteiger partial charge in [0.25, 0.3) is 0 Å². The minimum Gasteiger partial charge on any atom is -0.322 e. The SMILES string of the molecule is CC(C)CC(N)c1nn2c(C3CC3)nnc2s1. The fourth-order valence-corrected chi connectivity index (χ4v) is 2.86. The van der Waals surface area contributed by atoms with E-state index in [2.05, 4.69) is 29.1 Å². The molecule has 92 valence electrons. The maximum Gasteiger partial charge on any atom is 0.234 e. The highest BCUT2D eigenvalue weighted by atomic mass is 32.1. The van der Waals surface area contributed by atoms with Crippen LogP contribution in [0.5, 0.6) is 0 Å². The Morgan fingerprint density at radius 1 is 1.41 bits per heavy atom. The maximum absolute atomic E-state index is 6.15. The van der Waals surface area contributed by atoms with Crippen LogP contribution in [0.3, 0.4) is 0 Å². The third-order valence-electron chi connectivity index (χ3n) is 3.02. The minimum absolute atomic E-state index is 0.0220. The number of nitrogens with zero attached hydrogens (tertiary/aromatic N) is 4. The van der Waals surface area contributed by atoms with Crippen molar-refractivity contribution in [3.63, 3.8) is 0 Å². The second-order valence-corrected chi connectivity index (χ2v) is 6.19. The molecule has 0 amide bonds. The summed E-state index contributed by atoms with van der Waals surface area (Å²) in [5, 5.41) is 13.9. The lowest BCUT2D eigenvalue weighted by molar-refractivity contribution is 0.504. The van der Waals surface area contributed by atoms with Crippen molar-refractivity contribution in [3.8, 4) is 0 Å². The molecule has 1 unspecified atom stereocenters. The third kappa shape index (κ3) is 2.07. The summed E-state index contributed by atoms with van der Waals surface area (Å²) in [5.74, 6) is 2.17. The van der Waals surface area contributed by atoms with Crippen molar-refractivity contribution in [2.24, 2.45) is 11.7 Å². The molecule has 6 heteroatoms. The predicted octanol–water partition coefficient (Wildman–Crippen LogP) is 2.11. The van der Waals surface area contributed by atoms with Crippen molar-refractivity contribution in [2.75, 3.05) is 0 Å². The van der Waals surface area contributed by atoms with Gasteiger partial charge in [0.05, 0.1) is 6.04 Å². The second kappa shape index (κ2) is 4.03. The molecule has 3 rings (SSSR count). The van der Waals surface area contributed by atoms with Gasteiger partial charge in [0.2, 0.25) is 4.96 Å². The molecule has 1 aliphatic rings. The first-order chi connectivity index (χ1) is 8.15. The van der Waals surface area contributed by atoms with Crippen LogP contribution in [0.15, 0.2) is 0 Å². The van der Waals surface area contributed by atoms with Gasteiger partial charge in [-0.25, -0.2) is 0 Å². The van der Waals surface area contributed by atoms with Gasteiger partial charge in [-0.1, -0.05) is 25.2 Å². The van der Waals surface area contributed by atoms with Gasteiger partial charge in [-0.15, -0.1) is 10.2 Å². The lowest BCUT2D eigenvalue weighted by Crippen LogP contribution is -2.13. The van der Waals surface area contributed by atoms with Gasteiger partial charge in [0.15, 0.2) is 5.82 Å². The van der Waals surface area contributed by atoms with Crippen LogP contribution in [-0.2, 0) is 0 Å². The van der Waals surface area contributed by atoms with Gasteiger partial charge in [-0.3, -0.25) is 0 Å². The molecule has 0 bridgehead atoms. The summed E-state index contributed by atoms with van der Waals surface area (Å²) in [6, 6.07) is 0.0220. The highest BCUT2D eigenvalue weighted by Gasteiger charge is 2.30. The van der Waals surface area contributed by atoms with E-state index in [0.29, 0.717) is 11.8 Å². The van der Waals surface area contributed by atoms with Crippen LogP contribution >= 0.6 is 11.3 Å². The number of hydrogen-bond acceptors (Lipinski definition) is 5. The number of hydrogen-bond donors (Lipinski definition) is 1. The van der Waals surface area contributed by atoms with Crippen LogP contribution in [-0.4, -0.2) is 19.8 Å². The van der Waals surface area contributed by atoms with Crippen LogP contribution in [0.25, 0.3) is 4.96 Å². The molecule has 0 saturated heterocycles. The molecule has 1 saturated carbocycles. The molecule has 0 radical (unpaired) electrons. The van der Waals surface area contributed by atoms with E-state index in [1.165, 1.54) is 12.8 Å².